The molecule has 1 fully saturated rings. The molecule has 1 N–H and O–H groups in total. The van der Waals surface area contributed by atoms with Gasteiger partial charge in [0, 0.05) is 6.04 Å². The van der Waals surface area contributed by atoms with E-state index in [0.717, 1.165) is 19.4 Å². The Labute approximate surface area is 93.6 Å². The summed E-state index contributed by atoms with van der Waals surface area (Å²) in [5.41, 5.74) is 0. The largest absolute Gasteiger partial charge is 0.313 e. The fourth-order valence-electron chi connectivity index (χ4n) is 2.36. The monoisotopic (exact) mass is 233 g/mol. The zero-order valence-electron chi connectivity index (χ0n) is 9.99. The standard InChI is InChI=1S/C11H23NO2S/c1-4-6-12-11(9(2)3)10-5-7-15(13,14)8-10/h9-12H,4-8H2,1-3H3. The fourth-order valence-corrected chi connectivity index (χ4v) is 4.22. The average Bonchev–Trinajstić information content (AvgIpc) is 2.46. The van der Waals surface area contributed by atoms with E-state index in [4.69, 9.17) is 0 Å². The molecule has 2 unspecified atom stereocenters. The van der Waals surface area contributed by atoms with E-state index in [1.54, 1.807) is 0 Å². The van der Waals surface area contributed by atoms with Crippen molar-refractivity contribution < 1.29 is 8.42 Å². The summed E-state index contributed by atoms with van der Waals surface area (Å²) in [6.07, 6.45) is 1.94. The van der Waals surface area contributed by atoms with Crippen molar-refractivity contribution >= 4 is 9.84 Å². The number of sulfone groups is 1. The summed E-state index contributed by atoms with van der Waals surface area (Å²) in [7, 11) is -2.74. The van der Waals surface area contributed by atoms with Gasteiger partial charge >= 0.3 is 0 Å². The molecule has 90 valence electrons. The zero-order valence-corrected chi connectivity index (χ0v) is 10.8. The Morgan fingerprint density at radius 2 is 2.07 bits per heavy atom. The van der Waals surface area contributed by atoms with Gasteiger partial charge in [-0.05, 0) is 31.2 Å². The lowest BCUT2D eigenvalue weighted by atomic mass is 9.90. The molecule has 4 heteroatoms. The van der Waals surface area contributed by atoms with E-state index in [0.29, 0.717) is 29.4 Å². The van der Waals surface area contributed by atoms with Gasteiger partial charge in [-0.1, -0.05) is 20.8 Å². The minimum absolute atomic E-state index is 0.321. The molecule has 0 radical (unpaired) electrons. The predicted molar refractivity (Wildman–Crippen MR) is 63.7 cm³/mol. The summed E-state index contributed by atoms with van der Waals surface area (Å²) in [4.78, 5) is 0. The first-order valence-electron chi connectivity index (χ1n) is 5.90. The molecule has 15 heavy (non-hydrogen) atoms. The fraction of sp³-hybridized carbons (Fsp3) is 1.00. The molecule has 2 atom stereocenters. The molecule has 1 aliphatic rings. The van der Waals surface area contributed by atoms with Crippen LogP contribution in [0.5, 0.6) is 0 Å². The van der Waals surface area contributed by atoms with Crippen LogP contribution >= 0.6 is 0 Å². The van der Waals surface area contributed by atoms with Crippen molar-refractivity contribution in [2.75, 3.05) is 18.1 Å². The van der Waals surface area contributed by atoms with Crippen LogP contribution in [0.2, 0.25) is 0 Å². The lowest BCUT2D eigenvalue weighted by molar-refractivity contribution is 0.303. The van der Waals surface area contributed by atoms with E-state index < -0.39 is 9.84 Å². The van der Waals surface area contributed by atoms with Crippen LogP contribution in [0.25, 0.3) is 0 Å². The number of nitrogens with one attached hydrogen (secondary N) is 1. The Morgan fingerprint density at radius 1 is 1.40 bits per heavy atom. The van der Waals surface area contributed by atoms with Crippen LogP contribution in [-0.2, 0) is 9.84 Å². The van der Waals surface area contributed by atoms with Gasteiger partial charge in [0.25, 0.3) is 0 Å². The van der Waals surface area contributed by atoms with Crippen molar-refractivity contribution in [2.45, 2.75) is 39.7 Å². The molecule has 0 bridgehead atoms. The van der Waals surface area contributed by atoms with Crippen LogP contribution in [-0.4, -0.2) is 32.5 Å². The summed E-state index contributed by atoms with van der Waals surface area (Å²) in [5, 5.41) is 3.48. The van der Waals surface area contributed by atoms with E-state index in [2.05, 4.69) is 26.1 Å². The summed E-state index contributed by atoms with van der Waals surface area (Å²) < 4.78 is 22.8. The summed E-state index contributed by atoms with van der Waals surface area (Å²) in [5.74, 6) is 1.60. The summed E-state index contributed by atoms with van der Waals surface area (Å²) >= 11 is 0. The molecule has 3 nitrogen and oxygen atoms in total. The van der Waals surface area contributed by atoms with E-state index >= 15 is 0 Å². The molecular weight excluding hydrogens is 210 g/mol. The molecular formula is C11H23NO2S. The second kappa shape index (κ2) is 5.30. The van der Waals surface area contributed by atoms with Crippen LogP contribution in [0, 0.1) is 11.8 Å². The van der Waals surface area contributed by atoms with Gasteiger partial charge in [-0.15, -0.1) is 0 Å². The van der Waals surface area contributed by atoms with E-state index in [1.165, 1.54) is 0 Å². The van der Waals surface area contributed by atoms with Gasteiger partial charge in [0.2, 0.25) is 0 Å². The Morgan fingerprint density at radius 3 is 2.47 bits per heavy atom. The smallest absolute Gasteiger partial charge is 0.150 e. The molecule has 0 spiro atoms. The minimum Gasteiger partial charge on any atom is -0.313 e. The van der Waals surface area contributed by atoms with Crippen LogP contribution in [0.3, 0.4) is 0 Å². The van der Waals surface area contributed by atoms with Crippen LogP contribution in [0.1, 0.15) is 33.6 Å². The maximum Gasteiger partial charge on any atom is 0.150 e. The Kier molecular flexibility index (Phi) is 4.59. The third-order valence-electron chi connectivity index (χ3n) is 3.12. The Balaban J connectivity index is 2.57. The number of rotatable bonds is 5. The van der Waals surface area contributed by atoms with Gasteiger partial charge in [0.1, 0.15) is 0 Å². The first-order chi connectivity index (χ1) is 6.96. The number of hydrogen-bond acceptors (Lipinski definition) is 3. The van der Waals surface area contributed by atoms with Crippen molar-refractivity contribution in [3.63, 3.8) is 0 Å². The van der Waals surface area contributed by atoms with Gasteiger partial charge < -0.3 is 5.32 Å². The molecule has 0 aromatic rings. The molecule has 1 rings (SSSR count). The van der Waals surface area contributed by atoms with Crippen molar-refractivity contribution in [3.8, 4) is 0 Å². The summed E-state index contributed by atoms with van der Waals surface area (Å²) in [6, 6.07) is 0.363. The third kappa shape index (κ3) is 3.76. The second-order valence-electron chi connectivity index (χ2n) is 4.89. The highest BCUT2D eigenvalue weighted by atomic mass is 32.2. The highest BCUT2D eigenvalue weighted by molar-refractivity contribution is 7.91. The third-order valence-corrected chi connectivity index (χ3v) is 4.92. The molecule has 1 heterocycles. The highest BCUT2D eigenvalue weighted by Gasteiger charge is 2.34. The topological polar surface area (TPSA) is 46.2 Å². The van der Waals surface area contributed by atoms with Gasteiger partial charge in [-0.25, -0.2) is 8.42 Å². The van der Waals surface area contributed by atoms with Crippen molar-refractivity contribution in [1.29, 1.82) is 0 Å². The Bertz CT molecular complexity index is 285. The second-order valence-corrected chi connectivity index (χ2v) is 7.12. The molecule has 0 saturated carbocycles. The maximum atomic E-state index is 11.4. The molecule has 1 saturated heterocycles. The van der Waals surface area contributed by atoms with Crippen molar-refractivity contribution in [2.24, 2.45) is 11.8 Å². The lowest BCUT2D eigenvalue weighted by Gasteiger charge is -2.27. The normalized spacial score (nSPS) is 27.1. The molecule has 1 aliphatic heterocycles. The molecule has 0 aromatic heterocycles. The van der Waals surface area contributed by atoms with Crippen molar-refractivity contribution in [1.82, 2.24) is 5.32 Å². The molecule has 0 aromatic carbocycles. The maximum absolute atomic E-state index is 11.4. The van der Waals surface area contributed by atoms with E-state index in [-0.39, 0.29) is 0 Å². The van der Waals surface area contributed by atoms with Crippen LogP contribution < -0.4 is 5.32 Å². The van der Waals surface area contributed by atoms with Gasteiger partial charge in [-0.2, -0.15) is 0 Å². The van der Waals surface area contributed by atoms with Gasteiger partial charge in [0.15, 0.2) is 9.84 Å². The average molecular weight is 233 g/mol. The van der Waals surface area contributed by atoms with Crippen LogP contribution in [0.15, 0.2) is 0 Å². The zero-order chi connectivity index (χ0) is 11.5. The quantitative estimate of drug-likeness (QED) is 0.781. The SMILES string of the molecule is CCCNC(C(C)C)C1CCS(=O)(=O)C1. The minimum atomic E-state index is -2.74. The van der Waals surface area contributed by atoms with Crippen molar-refractivity contribution in [3.05, 3.63) is 0 Å². The van der Waals surface area contributed by atoms with Gasteiger partial charge in [0.05, 0.1) is 11.5 Å². The first-order valence-corrected chi connectivity index (χ1v) is 7.72. The van der Waals surface area contributed by atoms with Gasteiger partial charge in [-0.3, -0.25) is 0 Å². The molecule has 0 aliphatic carbocycles. The first kappa shape index (κ1) is 13.0. The number of hydrogen-bond donors (Lipinski definition) is 1. The predicted octanol–water partition coefficient (Wildman–Crippen LogP) is 1.45. The summed E-state index contributed by atoms with van der Waals surface area (Å²) in [6.45, 7) is 7.45. The van der Waals surface area contributed by atoms with Crippen LogP contribution in [0.4, 0.5) is 0 Å². The van der Waals surface area contributed by atoms with E-state index in [1.807, 2.05) is 0 Å². The Hall–Kier alpha value is -0.0900. The highest BCUT2D eigenvalue weighted by Crippen LogP contribution is 2.25. The molecule has 0 amide bonds. The van der Waals surface area contributed by atoms with E-state index in [9.17, 15) is 8.42 Å². The lowest BCUT2D eigenvalue weighted by Crippen LogP contribution is -2.41.